The van der Waals surface area contributed by atoms with Gasteiger partial charge in [0.25, 0.3) is 11.6 Å². The monoisotopic (exact) mass is 295 g/mol. The van der Waals surface area contributed by atoms with Crippen molar-refractivity contribution in [1.82, 2.24) is 10.2 Å². The molecule has 0 bridgehead atoms. The fourth-order valence-electron chi connectivity index (χ4n) is 1.76. The number of nitrogens with zero attached hydrogens (tertiary/aromatic N) is 2. The third kappa shape index (κ3) is 6.22. The molecule has 0 aliphatic heterocycles. The number of nitrogens with one attached hydrogen (secondary N) is 1. The van der Waals surface area contributed by atoms with Crippen molar-refractivity contribution in [2.45, 2.75) is 13.8 Å². The molecule has 1 aromatic rings. The van der Waals surface area contributed by atoms with Gasteiger partial charge in [-0.1, -0.05) is 13.8 Å². The van der Waals surface area contributed by atoms with Gasteiger partial charge in [-0.25, -0.2) is 0 Å². The summed E-state index contributed by atoms with van der Waals surface area (Å²) in [4.78, 5) is 23.8. The molecule has 0 radical (unpaired) electrons. The number of ether oxygens (including phenoxy) is 1. The number of amides is 1. The van der Waals surface area contributed by atoms with Crippen molar-refractivity contribution >= 4 is 11.6 Å². The molecule has 0 aromatic heterocycles. The second-order valence-corrected chi connectivity index (χ2v) is 4.42. The zero-order chi connectivity index (χ0) is 15.7. The first kappa shape index (κ1) is 16.9. The maximum atomic E-state index is 11.6. The Bertz CT molecular complexity index is 458. The fraction of sp³-hybridized carbons (Fsp3) is 0.500. The molecule has 1 aromatic carbocycles. The van der Waals surface area contributed by atoms with E-state index in [0.717, 1.165) is 19.6 Å². The summed E-state index contributed by atoms with van der Waals surface area (Å²) in [5.41, 5.74) is -0.00831. The Morgan fingerprint density at radius 2 is 1.90 bits per heavy atom. The Balaban J connectivity index is 2.28. The van der Waals surface area contributed by atoms with E-state index in [-0.39, 0.29) is 18.2 Å². The summed E-state index contributed by atoms with van der Waals surface area (Å²) in [5, 5.41) is 13.3. The Labute approximate surface area is 124 Å². The Hall–Kier alpha value is -2.15. The van der Waals surface area contributed by atoms with E-state index in [4.69, 9.17) is 4.74 Å². The van der Waals surface area contributed by atoms with Gasteiger partial charge in [0.2, 0.25) is 0 Å². The maximum absolute atomic E-state index is 11.6. The number of hydrogen-bond donors (Lipinski definition) is 1. The number of carbonyl (C=O) groups is 1. The van der Waals surface area contributed by atoms with Gasteiger partial charge in [0.15, 0.2) is 6.61 Å². The zero-order valence-corrected chi connectivity index (χ0v) is 12.4. The molecule has 0 atom stereocenters. The molecule has 7 heteroatoms. The van der Waals surface area contributed by atoms with Gasteiger partial charge < -0.3 is 15.0 Å². The van der Waals surface area contributed by atoms with Crippen LogP contribution in [0.3, 0.4) is 0 Å². The highest BCUT2D eigenvalue weighted by atomic mass is 16.6. The van der Waals surface area contributed by atoms with Crippen molar-refractivity contribution in [2.24, 2.45) is 0 Å². The van der Waals surface area contributed by atoms with Crippen molar-refractivity contribution in [2.75, 3.05) is 32.8 Å². The van der Waals surface area contributed by atoms with Gasteiger partial charge in [-0.05, 0) is 25.2 Å². The highest BCUT2D eigenvalue weighted by Gasteiger charge is 2.06. The first-order valence-corrected chi connectivity index (χ1v) is 6.93. The third-order valence-electron chi connectivity index (χ3n) is 3.06. The van der Waals surface area contributed by atoms with Crippen LogP contribution in [-0.2, 0) is 4.79 Å². The molecule has 0 heterocycles. The van der Waals surface area contributed by atoms with Crippen molar-refractivity contribution in [3.63, 3.8) is 0 Å². The van der Waals surface area contributed by atoms with Gasteiger partial charge in [-0.15, -0.1) is 0 Å². The molecule has 0 aliphatic carbocycles. The number of nitro groups is 1. The van der Waals surface area contributed by atoms with Crippen LogP contribution in [0.1, 0.15) is 13.8 Å². The summed E-state index contributed by atoms with van der Waals surface area (Å²) < 4.78 is 5.26. The van der Waals surface area contributed by atoms with Gasteiger partial charge in [0.1, 0.15) is 5.75 Å². The molecule has 0 spiro atoms. The molecule has 21 heavy (non-hydrogen) atoms. The molecular formula is C14H21N3O4. The first-order valence-electron chi connectivity index (χ1n) is 6.93. The van der Waals surface area contributed by atoms with Crippen LogP contribution in [0.5, 0.6) is 5.75 Å². The lowest BCUT2D eigenvalue weighted by molar-refractivity contribution is -0.384. The second-order valence-electron chi connectivity index (χ2n) is 4.42. The van der Waals surface area contributed by atoms with Crippen LogP contribution in [0.2, 0.25) is 0 Å². The van der Waals surface area contributed by atoms with Gasteiger partial charge in [0, 0.05) is 25.2 Å². The maximum Gasteiger partial charge on any atom is 0.269 e. The molecule has 116 valence electrons. The largest absolute Gasteiger partial charge is 0.484 e. The van der Waals surface area contributed by atoms with Crippen LogP contribution in [0.4, 0.5) is 5.69 Å². The van der Waals surface area contributed by atoms with E-state index in [1.165, 1.54) is 24.3 Å². The molecule has 0 saturated carbocycles. The number of likely N-dealkylation sites (N-methyl/N-ethyl adjacent to an activating group) is 1. The minimum Gasteiger partial charge on any atom is -0.484 e. The van der Waals surface area contributed by atoms with Crippen LogP contribution < -0.4 is 10.1 Å². The number of benzene rings is 1. The van der Waals surface area contributed by atoms with Crippen LogP contribution in [0.15, 0.2) is 24.3 Å². The lowest BCUT2D eigenvalue weighted by atomic mass is 10.3. The summed E-state index contributed by atoms with van der Waals surface area (Å²) in [6.07, 6.45) is 0. The average molecular weight is 295 g/mol. The molecular weight excluding hydrogens is 274 g/mol. The molecule has 0 fully saturated rings. The van der Waals surface area contributed by atoms with E-state index < -0.39 is 4.92 Å². The van der Waals surface area contributed by atoms with Crippen molar-refractivity contribution in [3.05, 3.63) is 34.4 Å². The van der Waals surface area contributed by atoms with E-state index in [1.54, 1.807) is 0 Å². The van der Waals surface area contributed by atoms with Gasteiger partial charge in [-0.2, -0.15) is 0 Å². The Kier molecular flexibility index (Phi) is 7.17. The van der Waals surface area contributed by atoms with E-state index in [9.17, 15) is 14.9 Å². The molecule has 1 amide bonds. The second kappa shape index (κ2) is 8.91. The number of non-ortho nitro benzene ring substituents is 1. The van der Waals surface area contributed by atoms with Gasteiger partial charge >= 0.3 is 0 Å². The van der Waals surface area contributed by atoms with Crippen molar-refractivity contribution in [3.8, 4) is 5.75 Å². The normalized spacial score (nSPS) is 10.4. The standard InChI is InChI=1S/C14H21N3O4/c1-3-16(4-2)10-9-15-14(18)11-21-13-7-5-12(6-8-13)17(19)20/h5-8H,3-4,9-11H2,1-2H3,(H,15,18). The van der Waals surface area contributed by atoms with Crippen molar-refractivity contribution in [1.29, 1.82) is 0 Å². The summed E-state index contributed by atoms with van der Waals surface area (Å²) >= 11 is 0. The first-order chi connectivity index (χ1) is 10.1. The molecule has 0 unspecified atom stereocenters. The lowest BCUT2D eigenvalue weighted by Crippen LogP contribution is -2.36. The predicted octanol–water partition coefficient (Wildman–Crippen LogP) is 1.43. The van der Waals surface area contributed by atoms with Crippen LogP contribution in [0.25, 0.3) is 0 Å². The van der Waals surface area contributed by atoms with Crippen LogP contribution >= 0.6 is 0 Å². The van der Waals surface area contributed by atoms with Gasteiger partial charge in [0.05, 0.1) is 4.92 Å². The number of hydrogen-bond acceptors (Lipinski definition) is 5. The molecule has 7 nitrogen and oxygen atoms in total. The number of nitro benzene ring substituents is 1. The summed E-state index contributed by atoms with van der Waals surface area (Å²) in [6, 6.07) is 5.63. The average Bonchev–Trinajstić information content (AvgIpc) is 2.50. The summed E-state index contributed by atoms with van der Waals surface area (Å²) in [6.45, 7) is 7.32. The lowest BCUT2D eigenvalue weighted by Gasteiger charge is -2.17. The predicted molar refractivity (Wildman–Crippen MR) is 79.4 cm³/mol. The zero-order valence-electron chi connectivity index (χ0n) is 12.4. The highest BCUT2D eigenvalue weighted by molar-refractivity contribution is 5.77. The fourth-order valence-corrected chi connectivity index (χ4v) is 1.76. The summed E-state index contributed by atoms with van der Waals surface area (Å²) in [7, 11) is 0. The molecule has 1 rings (SSSR count). The van der Waals surface area contributed by atoms with E-state index >= 15 is 0 Å². The minimum atomic E-state index is -0.482. The Morgan fingerprint density at radius 3 is 2.43 bits per heavy atom. The Morgan fingerprint density at radius 1 is 1.29 bits per heavy atom. The number of carbonyl (C=O) groups excluding carboxylic acids is 1. The number of rotatable bonds is 9. The topological polar surface area (TPSA) is 84.7 Å². The van der Waals surface area contributed by atoms with Crippen LogP contribution in [-0.4, -0.2) is 48.5 Å². The molecule has 0 saturated heterocycles. The van der Waals surface area contributed by atoms with E-state index in [2.05, 4.69) is 24.1 Å². The highest BCUT2D eigenvalue weighted by Crippen LogP contribution is 2.16. The van der Waals surface area contributed by atoms with Gasteiger partial charge in [-0.3, -0.25) is 14.9 Å². The quantitative estimate of drug-likeness (QED) is 0.550. The van der Waals surface area contributed by atoms with Crippen LogP contribution in [0, 0.1) is 10.1 Å². The van der Waals surface area contributed by atoms with E-state index in [1.807, 2.05) is 0 Å². The van der Waals surface area contributed by atoms with E-state index in [0.29, 0.717) is 12.3 Å². The third-order valence-corrected chi connectivity index (χ3v) is 3.06. The minimum absolute atomic E-state index is 0.00831. The molecule has 1 N–H and O–H groups in total. The smallest absolute Gasteiger partial charge is 0.269 e. The molecule has 0 aliphatic rings. The van der Waals surface area contributed by atoms with Crippen molar-refractivity contribution < 1.29 is 14.5 Å². The summed E-state index contributed by atoms with van der Waals surface area (Å²) in [5.74, 6) is 0.222. The SMILES string of the molecule is CCN(CC)CCNC(=O)COc1ccc([N+](=O)[O-])cc1.